The van der Waals surface area contributed by atoms with E-state index in [9.17, 15) is 0 Å². The van der Waals surface area contributed by atoms with Gasteiger partial charge < -0.3 is 9.15 Å². The second kappa shape index (κ2) is 7.70. The number of aromatic nitrogens is 2. The molecule has 28 heavy (non-hydrogen) atoms. The van der Waals surface area contributed by atoms with Crippen molar-refractivity contribution in [2.24, 2.45) is 0 Å². The molecule has 0 saturated heterocycles. The predicted molar refractivity (Wildman–Crippen MR) is 116 cm³/mol. The van der Waals surface area contributed by atoms with Crippen LogP contribution in [0.1, 0.15) is 58.6 Å². The van der Waals surface area contributed by atoms with Gasteiger partial charge in [-0.1, -0.05) is 63.5 Å². The van der Waals surface area contributed by atoms with Gasteiger partial charge in [0.15, 0.2) is 6.61 Å². The molecular formula is C23H27BrN2O2. The molecule has 2 aromatic carbocycles. The third-order valence-corrected chi connectivity index (χ3v) is 5.08. The van der Waals surface area contributed by atoms with E-state index >= 15 is 0 Å². The minimum Gasteiger partial charge on any atom is -0.484 e. The van der Waals surface area contributed by atoms with Gasteiger partial charge in [0.2, 0.25) is 5.89 Å². The molecule has 0 N–H and O–H groups in total. The standard InChI is InChI=1S/C23H27BrN2O2/c1-22(2,3)16-11-15(12-17(13-16)23(4,5)6)21-26-25-20(28-21)14-27-19-9-7-18(24)8-10-19/h7-13H,14H2,1-6H3. The van der Waals surface area contributed by atoms with Crippen molar-refractivity contribution in [3.8, 4) is 17.2 Å². The summed E-state index contributed by atoms with van der Waals surface area (Å²) in [5.41, 5.74) is 3.51. The summed E-state index contributed by atoms with van der Waals surface area (Å²) in [4.78, 5) is 0. The number of rotatable bonds is 4. The average Bonchev–Trinajstić information content (AvgIpc) is 3.08. The Balaban J connectivity index is 1.86. The molecule has 148 valence electrons. The highest BCUT2D eigenvalue weighted by molar-refractivity contribution is 9.10. The average molecular weight is 443 g/mol. The summed E-state index contributed by atoms with van der Waals surface area (Å²) in [6.07, 6.45) is 0. The number of hydrogen-bond donors (Lipinski definition) is 0. The summed E-state index contributed by atoms with van der Waals surface area (Å²) in [6, 6.07) is 14.2. The van der Waals surface area contributed by atoms with Gasteiger partial charge in [-0.25, -0.2) is 0 Å². The fraction of sp³-hybridized carbons (Fsp3) is 0.391. The molecule has 1 heterocycles. The van der Waals surface area contributed by atoms with Crippen LogP contribution in [0.4, 0.5) is 0 Å². The molecule has 0 atom stereocenters. The van der Waals surface area contributed by atoms with Crippen LogP contribution in [0.5, 0.6) is 5.75 Å². The Bertz CT molecular complexity index is 916. The van der Waals surface area contributed by atoms with Crippen LogP contribution < -0.4 is 4.74 Å². The molecule has 0 amide bonds. The summed E-state index contributed by atoms with van der Waals surface area (Å²) in [7, 11) is 0. The van der Waals surface area contributed by atoms with Crippen LogP contribution in [-0.2, 0) is 17.4 Å². The smallest absolute Gasteiger partial charge is 0.254 e. The van der Waals surface area contributed by atoms with E-state index in [-0.39, 0.29) is 17.4 Å². The second-order valence-corrected chi connectivity index (χ2v) is 9.96. The molecule has 0 aliphatic rings. The van der Waals surface area contributed by atoms with E-state index in [0.29, 0.717) is 11.8 Å². The largest absolute Gasteiger partial charge is 0.484 e. The van der Waals surface area contributed by atoms with Crippen molar-refractivity contribution in [3.05, 3.63) is 64.0 Å². The number of nitrogens with zero attached hydrogens (tertiary/aromatic N) is 2. The van der Waals surface area contributed by atoms with Gasteiger partial charge in [-0.15, -0.1) is 10.2 Å². The maximum atomic E-state index is 5.89. The van der Waals surface area contributed by atoms with Gasteiger partial charge in [0.05, 0.1) is 0 Å². The van der Waals surface area contributed by atoms with E-state index in [4.69, 9.17) is 9.15 Å². The van der Waals surface area contributed by atoms with Gasteiger partial charge in [-0.3, -0.25) is 0 Å². The highest BCUT2D eigenvalue weighted by Crippen LogP contribution is 2.33. The topological polar surface area (TPSA) is 48.2 Å². The van der Waals surface area contributed by atoms with Crippen LogP contribution in [0.25, 0.3) is 11.5 Å². The molecule has 5 heteroatoms. The molecule has 0 aliphatic carbocycles. The number of hydrogen-bond acceptors (Lipinski definition) is 4. The molecule has 0 fully saturated rings. The monoisotopic (exact) mass is 442 g/mol. The Morgan fingerprint density at radius 3 is 1.96 bits per heavy atom. The van der Waals surface area contributed by atoms with E-state index in [0.717, 1.165) is 15.8 Å². The molecule has 1 aromatic heterocycles. The van der Waals surface area contributed by atoms with Crippen molar-refractivity contribution in [1.29, 1.82) is 0 Å². The van der Waals surface area contributed by atoms with E-state index in [1.54, 1.807) is 0 Å². The van der Waals surface area contributed by atoms with Crippen LogP contribution in [0, 0.1) is 0 Å². The van der Waals surface area contributed by atoms with Crippen LogP contribution >= 0.6 is 15.9 Å². The Hall–Kier alpha value is -2.14. The Kier molecular flexibility index (Phi) is 5.67. The van der Waals surface area contributed by atoms with E-state index in [1.165, 1.54) is 11.1 Å². The van der Waals surface area contributed by atoms with Crippen molar-refractivity contribution in [3.63, 3.8) is 0 Å². The first kappa shape index (κ1) is 20.6. The molecule has 0 unspecified atom stereocenters. The van der Waals surface area contributed by atoms with E-state index in [2.05, 4.69) is 85.9 Å². The molecular weight excluding hydrogens is 416 g/mol. The lowest BCUT2D eigenvalue weighted by Crippen LogP contribution is -2.16. The quantitative estimate of drug-likeness (QED) is 0.452. The summed E-state index contributed by atoms with van der Waals surface area (Å²) in [5.74, 6) is 1.73. The fourth-order valence-electron chi connectivity index (χ4n) is 2.72. The molecule has 0 bridgehead atoms. The molecule has 0 radical (unpaired) electrons. The van der Waals surface area contributed by atoms with Gasteiger partial charge >= 0.3 is 0 Å². The minimum atomic E-state index is 0.0313. The van der Waals surface area contributed by atoms with Crippen LogP contribution in [0.2, 0.25) is 0 Å². The van der Waals surface area contributed by atoms with Crippen molar-refractivity contribution < 1.29 is 9.15 Å². The SMILES string of the molecule is CC(C)(C)c1cc(-c2nnc(COc3ccc(Br)cc3)o2)cc(C(C)(C)C)c1. The highest BCUT2D eigenvalue weighted by Gasteiger charge is 2.22. The van der Waals surface area contributed by atoms with Crippen LogP contribution in [0.15, 0.2) is 51.4 Å². The molecule has 0 aliphatic heterocycles. The van der Waals surface area contributed by atoms with E-state index in [1.807, 2.05) is 24.3 Å². The zero-order chi connectivity index (χ0) is 20.5. The lowest BCUT2D eigenvalue weighted by Gasteiger charge is -2.25. The van der Waals surface area contributed by atoms with Crippen LogP contribution in [0.3, 0.4) is 0 Å². The van der Waals surface area contributed by atoms with Gasteiger partial charge in [0.25, 0.3) is 5.89 Å². The first-order valence-corrected chi connectivity index (χ1v) is 10.2. The minimum absolute atomic E-state index is 0.0313. The van der Waals surface area contributed by atoms with Crippen LogP contribution in [-0.4, -0.2) is 10.2 Å². The molecule has 0 spiro atoms. The highest BCUT2D eigenvalue weighted by atomic mass is 79.9. The molecule has 3 rings (SSSR count). The molecule has 0 saturated carbocycles. The zero-order valence-corrected chi connectivity index (χ0v) is 18.9. The van der Waals surface area contributed by atoms with Gasteiger partial charge in [-0.05, 0) is 58.4 Å². The first-order chi connectivity index (χ1) is 13.0. The normalized spacial score (nSPS) is 12.2. The summed E-state index contributed by atoms with van der Waals surface area (Å²) < 4.78 is 12.6. The van der Waals surface area contributed by atoms with Gasteiger partial charge in [-0.2, -0.15) is 0 Å². The number of ether oxygens (including phenoxy) is 1. The summed E-state index contributed by atoms with van der Waals surface area (Å²) in [5, 5.41) is 8.41. The lowest BCUT2D eigenvalue weighted by molar-refractivity contribution is 0.264. The maximum absolute atomic E-state index is 5.89. The van der Waals surface area contributed by atoms with Gasteiger partial charge in [0, 0.05) is 10.0 Å². The van der Waals surface area contributed by atoms with Crippen molar-refractivity contribution >= 4 is 15.9 Å². The van der Waals surface area contributed by atoms with Crippen molar-refractivity contribution in [2.45, 2.75) is 59.0 Å². The summed E-state index contributed by atoms with van der Waals surface area (Å²) >= 11 is 3.41. The third kappa shape index (κ3) is 5.02. The maximum Gasteiger partial charge on any atom is 0.254 e. The number of benzene rings is 2. The molecule has 4 nitrogen and oxygen atoms in total. The van der Waals surface area contributed by atoms with E-state index < -0.39 is 0 Å². The van der Waals surface area contributed by atoms with Crippen molar-refractivity contribution in [2.75, 3.05) is 0 Å². The Labute approximate surface area is 175 Å². The lowest BCUT2D eigenvalue weighted by atomic mass is 9.79. The third-order valence-electron chi connectivity index (χ3n) is 4.55. The Morgan fingerprint density at radius 1 is 0.857 bits per heavy atom. The Morgan fingerprint density at radius 2 is 1.43 bits per heavy atom. The van der Waals surface area contributed by atoms with Crippen molar-refractivity contribution in [1.82, 2.24) is 10.2 Å². The zero-order valence-electron chi connectivity index (χ0n) is 17.3. The van der Waals surface area contributed by atoms with Gasteiger partial charge in [0.1, 0.15) is 5.75 Å². The second-order valence-electron chi connectivity index (χ2n) is 9.04. The predicted octanol–water partition coefficient (Wildman–Crippen LogP) is 6.67. The fourth-order valence-corrected chi connectivity index (χ4v) is 2.99. The summed E-state index contributed by atoms with van der Waals surface area (Å²) in [6.45, 7) is 13.5. The number of halogens is 1. The molecule has 3 aromatic rings. The first-order valence-electron chi connectivity index (χ1n) is 9.39.